The maximum absolute atomic E-state index is 11.5. The van der Waals surface area contributed by atoms with Crippen LogP contribution in [0.2, 0.25) is 0 Å². The minimum atomic E-state index is -0.582. The van der Waals surface area contributed by atoms with Crippen LogP contribution < -0.4 is 5.32 Å². The summed E-state index contributed by atoms with van der Waals surface area (Å²) >= 11 is 0. The first-order chi connectivity index (χ1) is 7.03. The van der Waals surface area contributed by atoms with Gasteiger partial charge in [0, 0.05) is 25.4 Å². The smallest absolute Gasteiger partial charge is 0.223 e. The number of carbonyl (C=O) groups excluding carboxylic acids is 1. The van der Waals surface area contributed by atoms with E-state index in [1.807, 2.05) is 12.3 Å². The summed E-state index contributed by atoms with van der Waals surface area (Å²) in [5.74, 6) is 2.45. The molecular formula is C11H15N3O. The van der Waals surface area contributed by atoms with Crippen LogP contribution in [0, 0.1) is 12.3 Å². The lowest BCUT2D eigenvalue weighted by Crippen LogP contribution is -2.42. The molecule has 0 saturated heterocycles. The Balaban J connectivity index is 2.35. The van der Waals surface area contributed by atoms with E-state index in [-0.39, 0.29) is 5.91 Å². The molecule has 0 saturated carbocycles. The molecule has 0 atom stereocenters. The zero-order valence-corrected chi connectivity index (χ0v) is 9.03. The zero-order chi connectivity index (χ0) is 11.3. The third-order valence-corrected chi connectivity index (χ3v) is 1.94. The Morgan fingerprint density at radius 2 is 2.40 bits per heavy atom. The number of hydrogen-bond acceptors (Lipinski definition) is 2. The molecule has 1 amide bonds. The van der Waals surface area contributed by atoms with Gasteiger partial charge in [-0.05, 0) is 19.9 Å². The first kappa shape index (κ1) is 11.3. The molecule has 80 valence electrons. The summed E-state index contributed by atoms with van der Waals surface area (Å²) in [4.78, 5) is 11.5. The number of rotatable bonds is 4. The Bertz CT molecular complexity index is 360. The van der Waals surface area contributed by atoms with E-state index < -0.39 is 5.54 Å². The van der Waals surface area contributed by atoms with Crippen molar-refractivity contribution >= 4 is 5.91 Å². The van der Waals surface area contributed by atoms with Crippen molar-refractivity contribution in [1.82, 2.24) is 15.1 Å². The van der Waals surface area contributed by atoms with E-state index in [0.717, 1.165) is 0 Å². The Hall–Kier alpha value is -1.76. The Labute approximate surface area is 89.7 Å². The van der Waals surface area contributed by atoms with Gasteiger partial charge in [0.15, 0.2) is 0 Å². The minimum Gasteiger partial charge on any atom is -0.340 e. The van der Waals surface area contributed by atoms with Crippen molar-refractivity contribution in [2.24, 2.45) is 0 Å². The van der Waals surface area contributed by atoms with E-state index in [1.54, 1.807) is 24.7 Å². The van der Waals surface area contributed by atoms with Crippen molar-refractivity contribution in [2.75, 3.05) is 0 Å². The van der Waals surface area contributed by atoms with E-state index in [4.69, 9.17) is 6.42 Å². The van der Waals surface area contributed by atoms with Gasteiger partial charge in [-0.3, -0.25) is 9.48 Å². The molecule has 1 rings (SSSR count). The maximum Gasteiger partial charge on any atom is 0.223 e. The lowest BCUT2D eigenvalue weighted by atomic mass is 10.1. The molecule has 0 spiro atoms. The van der Waals surface area contributed by atoms with Gasteiger partial charge >= 0.3 is 0 Å². The number of aromatic nitrogens is 2. The largest absolute Gasteiger partial charge is 0.340 e. The molecule has 0 unspecified atom stereocenters. The third-order valence-electron chi connectivity index (χ3n) is 1.94. The lowest BCUT2D eigenvalue weighted by molar-refractivity contribution is -0.122. The highest BCUT2D eigenvalue weighted by atomic mass is 16.1. The molecule has 1 heterocycles. The first-order valence-electron chi connectivity index (χ1n) is 4.80. The molecule has 1 N–H and O–H groups in total. The number of nitrogens with zero attached hydrogens (tertiary/aromatic N) is 2. The van der Waals surface area contributed by atoms with Gasteiger partial charge in [-0.1, -0.05) is 5.92 Å². The monoisotopic (exact) mass is 205 g/mol. The molecule has 0 fully saturated rings. The summed E-state index contributed by atoms with van der Waals surface area (Å²) < 4.78 is 1.71. The molecule has 4 heteroatoms. The summed E-state index contributed by atoms with van der Waals surface area (Å²) in [7, 11) is 0. The number of terminal acetylenes is 1. The number of hydrogen-bond donors (Lipinski definition) is 1. The number of nitrogens with one attached hydrogen (secondary N) is 1. The van der Waals surface area contributed by atoms with E-state index >= 15 is 0 Å². The Morgan fingerprint density at radius 1 is 1.67 bits per heavy atom. The topological polar surface area (TPSA) is 46.9 Å². The van der Waals surface area contributed by atoms with Gasteiger partial charge in [0.25, 0.3) is 0 Å². The van der Waals surface area contributed by atoms with Crippen LogP contribution in [0.3, 0.4) is 0 Å². The van der Waals surface area contributed by atoms with Gasteiger partial charge in [-0.2, -0.15) is 5.10 Å². The van der Waals surface area contributed by atoms with E-state index in [1.165, 1.54) is 0 Å². The maximum atomic E-state index is 11.5. The van der Waals surface area contributed by atoms with Crippen LogP contribution in [-0.2, 0) is 11.3 Å². The summed E-state index contributed by atoms with van der Waals surface area (Å²) in [5.41, 5.74) is -0.582. The van der Waals surface area contributed by atoms with Gasteiger partial charge < -0.3 is 5.32 Å². The van der Waals surface area contributed by atoms with Crippen molar-refractivity contribution in [3.63, 3.8) is 0 Å². The molecule has 0 aliphatic heterocycles. The molecule has 15 heavy (non-hydrogen) atoms. The van der Waals surface area contributed by atoms with Crippen LogP contribution in [-0.4, -0.2) is 21.2 Å². The van der Waals surface area contributed by atoms with Crippen molar-refractivity contribution < 1.29 is 4.79 Å². The van der Waals surface area contributed by atoms with Crippen molar-refractivity contribution in [3.05, 3.63) is 18.5 Å². The van der Waals surface area contributed by atoms with Crippen LogP contribution >= 0.6 is 0 Å². The summed E-state index contributed by atoms with van der Waals surface area (Å²) in [6, 6.07) is 1.82. The number of carbonyl (C=O) groups is 1. The number of aryl methyl sites for hydroxylation is 1. The highest BCUT2D eigenvalue weighted by Crippen LogP contribution is 2.00. The predicted molar refractivity (Wildman–Crippen MR) is 57.9 cm³/mol. The first-order valence-corrected chi connectivity index (χ1v) is 4.80. The summed E-state index contributed by atoms with van der Waals surface area (Å²) in [5, 5.41) is 6.75. The van der Waals surface area contributed by atoms with Crippen LogP contribution in [0.4, 0.5) is 0 Å². The SMILES string of the molecule is C#CC(C)(C)NC(=O)CCn1cccn1. The van der Waals surface area contributed by atoms with Crippen molar-refractivity contribution in [1.29, 1.82) is 0 Å². The van der Waals surface area contributed by atoms with Crippen molar-refractivity contribution in [2.45, 2.75) is 32.4 Å². The minimum absolute atomic E-state index is 0.0616. The van der Waals surface area contributed by atoms with Crippen LogP contribution in [0.25, 0.3) is 0 Å². The molecule has 1 aromatic rings. The second-order valence-corrected chi connectivity index (χ2v) is 3.84. The molecule has 0 aliphatic rings. The van der Waals surface area contributed by atoms with E-state index in [2.05, 4.69) is 16.3 Å². The fraction of sp³-hybridized carbons (Fsp3) is 0.455. The van der Waals surface area contributed by atoms with E-state index in [9.17, 15) is 4.79 Å². The van der Waals surface area contributed by atoms with Gasteiger partial charge in [0.05, 0.1) is 5.54 Å². The molecule has 0 aliphatic carbocycles. The van der Waals surface area contributed by atoms with Crippen LogP contribution in [0.15, 0.2) is 18.5 Å². The quantitative estimate of drug-likeness (QED) is 0.739. The highest BCUT2D eigenvalue weighted by Gasteiger charge is 2.16. The molecule has 0 bridgehead atoms. The second-order valence-electron chi connectivity index (χ2n) is 3.84. The second kappa shape index (κ2) is 4.65. The standard InChI is InChI=1S/C11H15N3O/c1-4-11(2,3)13-10(15)6-9-14-8-5-7-12-14/h1,5,7-8H,6,9H2,2-3H3,(H,13,15). The fourth-order valence-electron chi connectivity index (χ4n) is 1.10. The average Bonchev–Trinajstić information content (AvgIpc) is 2.66. The third kappa shape index (κ3) is 3.86. The van der Waals surface area contributed by atoms with Gasteiger partial charge in [-0.15, -0.1) is 6.42 Å². The zero-order valence-electron chi connectivity index (χ0n) is 9.03. The van der Waals surface area contributed by atoms with Gasteiger partial charge in [0.1, 0.15) is 0 Å². The molecular weight excluding hydrogens is 190 g/mol. The molecule has 1 aromatic heterocycles. The van der Waals surface area contributed by atoms with Crippen LogP contribution in [0.1, 0.15) is 20.3 Å². The van der Waals surface area contributed by atoms with Crippen molar-refractivity contribution in [3.8, 4) is 12.3 Å². The summed E-state index contributed by atoms with van der Waals surface area (Å²) in [6.45, 7) is 4.15. The molecule has 4 nitrogen and oxygen atoms in total. The highest BCUT2D eigenvalue weighted by molar-refractivity contribution is 5.77. The van der Waals surface area contributed by atoms with Gasteiger partial charge in [-0.25, -0.2) is 0 Å². The lowest BCUT2D eigenvalue weighted by Gasteiger charge is -2.19. The molecule has 0 radical (unpaired) electrons. The predicted octanol–water partition coefficient (Wildman–Crippen LogP) is 0.801. The normalized spacial score (nSPS) is 10.7. The Morgan fingerprint density at radius 3 is 2.93 bits per heavy atom. The van der Waals surface area contributed by atoms with E-state index in [0.29, 0.717) is 13.0 Å². The average molecular weight is 205 g/mol. The molecule has 0 aromatic carbocycles. The Kier molecular flexibility index (Phi) is 3.51. The number of amides is 1. The van der Waals surface area contributed by atoms with Gasteiger partial charge in [0.2, 0.25) is 5.91 Å². The van der Waals surface area contributed by atoms with Crippen LogP contribution in [0.5, 0.6) is 0 Å². The summed E-state index contributed by atoms with van der Waals surface area (Å²) in [6.07, 6.45) is 9.15. The fourth-order valence-corrected chi connectivity index (χ4v) is 1.10.